The molecule has 1 aromatic heterocycles. The van der Waals surface area contributed by atoms with E-state index in [1.807, 2.05) is 18.2 Å². The number of hydrogen-bond acceptors (Lipinski definition) is 4. The highest BCUT2D eigenvalue weighted by atomic mass is 16.6. The highest BCUT2D eigenvalue weighted by Gasteiger charge is 2.23. The second kappa shape index (κ2) is 4.49. The molecule has 90 valence electrons. The van der Waals surface area contributed by atoms with Gasteiger partial charge in [-0.15, -0.1) is 0 Å². The number of rotatable bonds is 2. The molecule has 4 nitrogen and oxygen atoms in total. The van der Waals surface area contributed by atoms with Crippen LogP contribution in [0.25, 0.3) is 0 Å². The van der Waals surface area contributed by atoms with Crippen LogP contribution in [-0.4, -0.2) is 17.9 Å². The Balaban J connectivity index is 1.84. The average Bonchev–Trinajstić information content (AvgIpc) is 2.47. The van der Waals surface area contributed by atoms with Crippen LogP contribution >= 0.6 is 0 Å². The van der Waals surface area contributed by atoms with E-state index >= 15 is 0 Å². The summed E-state index contributed by atoms with van der Waals surface area (Å²) in [6, 6.07) is 10.9. The van der Waals surface area contributed by atoms with Crippen molar-refractivity contribution >= 4 is 6.29 Å². The van der Waals surface area contributed by atoms with Crippen LogP contribution in [0.5, 0.6) is 11.6 Å². The Kier molecular flexibility index (Phi) is 2.68. The largest absolute Gasteiger partial charge is 0.484 e. The number of hydrogen-bond donors (Lipinski definition) is 0. The summed E-state index contributed by atoms with van der Waals surface area (Å²) in [6.45, 7) is 0.444. The highest BCUT2D eigenvalue weighted by Crippen LogP contribution is 2.33. The maximum Gasteiger partial charge on any atom is 0.257 e. The van der Waals surface area contributed by atoms with Crippen molar-refractivity contribution in [2.24, 2.45) is 0 Å². The molecule has 0 amide bonds. The lowest BCUT2D eigenvalue weighted by Crippen LogP contribution is -2.22. The Morgan fingerprint density at radius 2 is 2.06 bits per heavy atom. The molecule has 2 aromatic rings. The summed E-state index contributed by atoms with van der Waals surface area (Å²) in [5.41, 5.74) is 1.62. The minimum Gasteiger partial charge on any atom is -0.484 e. The predicted octanol–water partition coefficient (Wildman–Crippen LogP) is 2.41. The highest BCUT2D eigenvalue weighted by molar-refractivity contribution is 5.74. The van der Waals surface area contributed by atoms with Crippen molar-refractivity contribution in [3.63, 3.8) is 0 Å². The lowest BCUT2D eigenvalue weighted by Gasteiger charge is -2.25. The summed E-state index contributed by atoms with van der Waals surface area (Å²) in [4.78, 5) is 14.7. The molecule has 1 aromatic carbocycles. The lowest BCUT2D eigenvalue weighted by atomic mass is 10.1. The summed E-state index contributed by atoms with van der Waals surface area (Å²) in [6.07, 6.45) is 2.30. The van der Waals surface area contributed by atoms with Crippen LogP contribution in [0.15, 0.2) is 42.6 Å². The van der Waals surface area contributed by atoms with Gasteiger partial charge in [0.05, 0.1) is 0 Å². The summed E-state index contributed by atoms with van der Waals surface area (Å²) >= 11 is 0. The monoisotopic (exact) mass is 241 g/mol. The molecule has 0 radical (unpaired) electrons. The van der Waals surface area contributed by atoms with Crippen molar-refractivity contribution in [1.82, 2.24) is 4.98 Å². The normalized spacial score (nSPS) is 17.2. The third-order valence-electron chi connectivity index (χ3n) is 2.82. The number of ether oxygens (including phenoxy) is 2. The van der Waals surface area contributed by atoms with Gasteiger partial charge in [-0.3, -0.25) is 4.79 Å². The van der Waals surface area contributed by atoms with E-state index in [2.05, 4.69) is 4.98 Å². The molecule has 0 spiro atoms. The Morgan fingerprint density at radius 3 is 2.83 bits per heavy atom. The topological polar surface area (TPSA) is 48.4 Å². The molecule has 2 heterocycles. The van der Waals surface area contributed by atoms with Crippen LogP contribution in [0.1, 0.15) is 22.0 Å². The van der Waals surface area contributed by atoms with Crippen LogP contribution in [0.4, 0.5) is 0 Å². The molecule has 18 heavy (non-hydrogen) atoms. The number of pyridine rings is 1. The third-order valence-corrected chi connectivity index (χ3v) is 2.82. The number of fused-ring (bicyclic) bond motifs is 1. The second-order valence-electron chi connectivity index (χ2n) is 4.01. The molecule has 1 atom stereocenters. The summed E-state index contributed by atoms with van der Waals surface area (Å²) < 4.78 is 11.4. The molecule has 0 saturated heterocycles. The first-order valence-corrected chi connectivity index (χ1v) is 5.66. The van der Waals surface area contributed by atoms with Gasteiger partial charge in [0.25, 0.3) is 5.88 Å². The molecule has 0 N–H and O–H groups in total. The fourth-order valence-corrected chi connectivity index (χ4v) is 1.86. The third kappa shape index (κ3) is 1.93. The van der Waals surface area contributed by atoms with Crippen molar-refractivity contribution in [1.29, 1.82) is 0 Å². The van der Waals surface area contributed by atoms with Crippen molar-refractivity contribution in [3.8, 4) is 11.6 Å². The molecule has 0 aliphatic carbocycles. The van der Waals surface area contributed by atoms with Crippen LogP contribution in [-0.2, 0) is 0 Å². The van der Waals surface area contributed by atoms with E-state index in [1.54, 1.807) is 24.4 Å². The molecule has 0 fully saturated rings. The van der Waals surface area contributed by atoms with Crippen molar-refractivity contribution in [2.75, 3.05) is 6.61 Å². The van der Waals surface area contributed by atoms with Crippen LogP contribution in [0.3, 0.4) is 0 Å². The Morgan fingerprint density at radius 1 is 1.22 bits per heavy atom. The van der Waals surface area contributed by atoms with Gasteiger partial charge in [0.1, 0.15) is 12.9 Å². The van der Waals surface area contributed by atoms with Crippen LogP contribution in [0.2, 0.25) is 0 Å². The molecule has 0 unspecified atom stereocenters. The molecular weight excluding hydrogens is 230 g/mol. The Hall–Kier alpha value is -2.36. The molecular formula is C14H11NO3. The quantitative estimate of drug-likeness (QED) is 0.757. The first kappa shape index (κ1) is 10.8. The van der Waals surface area contributed by atoms with Crippen LogP contribution < -0.4 is 9.47 Å². The number of aldehydes is 1. The van der Waals surface area contributed by atoms with Gasteiger partial charge < -0.3 is 9.47 Å². The van der Waals surface area contributed by atoms with E-state index in [1.165, 1.54) is 0 Å². The number of aromatic nitrogens is 1. The van der Waals surface area contributed by atoms with Crippen molar-refractivity contribution < 1.29 is 14.3 Å². The van der Waals surface area contributed by atoms with Gasteiger partial charge in [0.2, 0.25) is 0 Å². The van der Waals surface area contributed by atoms with Crippen molar-refractivity contribution in [2.45, 2.75) is 6.10 Å². The van der Waals surface area contributed by atoms with Crippen LogP contribution in [0, 0.1) is 0 Å². The average molecular weight is 241 g/mol. The number of carbonyl (C=O) groups is 1. The first-order chi connectivity index (χ1) is 8.86. The fraction of sp³-hybridized carbons (Fsp3) is 0.143. The number of benzene rings is 1. The predicted molar refractivity (Wildman–Crippen MR) is 64.9 cm³/mol. The maximum absolute atomic E-state index is 10.6. The van der Waals surface area contributed by atoms with Gasteiger partial charge in [0.15, 0.2) is 11.9 Å². The molecule has 4 heteroatoms. The molecule has 3 rings (SSSR count). The minimum atomic E-state index is -0.187. The van der Waals surface area contributed by atoms with Gasteiger partial charge >= 0.3 is 0 Å². The van der Waals surface area contributed by atoms with E-state index in [0.717, 1.165) is 11.8 Å². The van der Waals surface area contributed by atoms with Gasteiger partial charge in [-0.05, 0) is 17.7 Å². The SMILES string of the molecule is O=Cc1ccc([C@H]2COc3cccnc3O2)cc1. The standard InChI is InChI=1S/C14H11NO3/c16-8-10-3-5-11(6-4-10)13-9-17-12-2-1-7-15-14(12)18-13/h1-8,13H,9H2/t13-/m1/s1. The number of carbonyl (C=O) groups excluding carboxylic acids is 1. The summed E-state index contributed by atoms with van der Waals surface area (Å²) in [5.74, 6) is 1.17. The van der Waals surface area contributed by atoms with Crippen molar-refractivity contribution in [3.05, 3.63) is 53.7 Å². The smallest absolute Gasteiger partial charge is 0.257 e. The van der Waals surface area contributed by atoms with Gasteiger partial charge in [0, 0.05) is 11.8 Å². The van der Waals surface area contributed by atoms with E-state index in [4.69, 9.17) is 9.47 Å². The van der Waals surface area contributed by atoms with Gasteiger partial charge in [-0.25, -0.2) is 4.98 Å². The Labute approximate surface area is 104 Å². The van der Waals surface area contributed by atoms with Gasteiger partial charge in [-0.1, -0.05) is 24.3 Å². The molecule has 1 aliphatic rings. The van der Waals surface area contributed by atoms with E-state index in [-0.39, 0.29) is 6.10 Å². The fourth-order valence-electron chi connectivity index (χ4n) is 1.86. The zero-order chi connectivity index (χ0) is 12.4. The van der Waals surface area contributed by atoms with E-state index in [0.29, 0.717) is 23.8 Å². The minimum absolute atomic E-state index is 0.187. The van der Waals surface area contributed by atoms with E-state index < -0.39 is 0 Å². The summed E-state index contributed by atoms with van der Waals surface area (Å²) in [7, 11) is 0. The maximum atomic E-state index is 10.6. The summed E-state index contributed by atoms with van der Waals surface area (Å²) in [5, 5.41) is 0. The van der Waals surface area contributed by atoms with Gasteiger partial charge in [-0.2, -0.15) is 0 Å². The zero-order valence-electron chi connectivity index (χ0n) is 9.58. The molecule has 0 bridgehead atoms. The second-order valence-corrected chi connectivity index (χ2v) is 4.01. The lowest BCUT2D eigenvalue weighted by molar-refractivity contribution is 0.0850. The Bertz CT molecular complexity index is 566. The molecule has 0 saturated carbocycles. The number of nitrogens with zero attached hydrogens (tertiary/aromatic N) is 1. The first-order valence-electron chi connectivity index (χ1n) is 5.66. The zero-order valence-corrected chi connectivity index (χ0v) is 9.58. The molecule has 1 aliphatic heterocycles. The van der Waals surface area contributed by atoms with E-state index in [9.17, 15) is 4.79 Å².